The molecule has 0 aliphatic carbocycles. The molecule has 1 aromatic rings. The summed E-state index contributed by atoms with van der Waals surface area (Å²) in [6.07, 6.45) is 1.43. The van der Waals surface area contributed by atoms with Crippen LogP contribution in [0.5, 0.6) is 0 Å². The maximum atomic E-state index is 11.8. The Labute approximate surface area is 149 Å². The van der Waals surface area contributed by atoms with E-state index in [-0.39, 0.29) is 30.7 Å². The van der Waals surface area contributed by atoms with Gasteiger partial charge in [0, 0.05) is 15.8 Å². The number of carbonyl (C=O) groups is 2. The summed E-state index contributed by atoms with van der Waals surface area (Å²) in [5.74, 6) is -1.47. The molecule has 1 N–H and O–H groups in total. The van der Waals surface area contributed by atoms with Gasteiger partial charge >= 0.3 is 5.97 Å². The van der Waals surface area contributed by atoms with Gasteiger partial charge in [-0.2, -0.15) is 0 Å². The molecule has 1 aliphatic heterocycles. The van der Waals surface area contributed by atoms with Crippen LogP contribution in [0.15, 0.2) is 40.2 Å². The topological polar surface area (TPSA) is 89.5 Å². The standard InChI is InChI=1S/C16H18BrNO5S/c1-11(13-2-4-14(17)5-3-13)18-15(19)9-23-16(20)8-12-6-7-24(21,22)10-12/h2-7,11-12H,8-10H2,1H3,(H,18,19). The van der Waals surface area contributed by atoms with Crippen molar-refractivity contribution in [3.8, 4) is 0 Å². The van der Waals surface area contributed by atoms with Crippen LogP contribution in [0.1, 0.15) is 24.9 Å². The molecule has 2 rings (SSSR count). The lowest BCUT2D eigenvalue weighted by Gasteiger charge is -2.14. The lowest BCUT2D eigenvalue weighted by molar-refractivity contribution is -0.149. The van der Waals surface area contributed by atoms with Gasteiger partial charge in [-0.3, -0.25) is 9.59 Å². The summed E-state index contributed by atoms with van der Waals surface area (Å²) in [6.45, 7) is 1.44. The number of hydrogen-bond donors (Lipinski definition) is 1. The highest BCUT2D eigenvalue weighted by Gasteiger charge is 2.24. The van der Waals surface area contributed by atoms with Crippen molar-refractivity contribution in [3.63, 3.8) is 0 Å². The van der Waals surface area contributed by atoms with Crippen molar-refractivity contribution >= 4 is 37.6 Å². The summed E-state index contributed by atoms with van der Waals surface area (Å²) in [6, 6.07) is 7.30. The van der Waals surface area contributed by atoms with Crippen molar-refractivity contribution in [3.05, 3.63) is 45.8 Å². The zero-order valence-electron chi connectivity index (χ0n) is 13.1. The van der Waals surface area contributed by atoms with E-state index in [1.54, 1.807) is 0 Å². The second-order valence-corrected chi connectivity index (χ2v) is 8.47. The van der Waals surface area contributed by atoms with E-state index in [2.05, 4.69) is 21.2 Å². The third-order valence-electron chi connectivity index (χ3n) is 3.55. The molecule has 0 saturated heterocycles. The van der Waals surface area contributed by atoms with E-state index in [0.717, 1.165) is 15.4 Å². The van der Waals surface area contributed by atoms with Crippen LogP contribution in [0.3, 0.4) is 0 Å². The largest absolute Gasteiger partial charge is 0.456 e. The summed E-state index contributed by atoms with van der Waals surface area (Å²) in [5.41, 5.74) is 0.930. The maximum absolute atomic E-state index is 11.8. The van der Waals surface area contributed by atoms with E-state index in [9.17, 15) is 18.0 Å². The number of hydrogen-bond acceptors (Lipinski definition) is 5. The Kier molecular flexibility index (Phi) is 6.17. The number of esters is 1. The van der Waals surface area contributed by atoms with Crippen LogP contribution >= 0.6 is 15.9 Å². The Bertz CT molecular complexity index is 742. The molecule has 1 aromatic carbocycles. The lowest BCUT2D eigenvalue weighted by Crippen LogP contribution is -2.31. The average Bonchev–Trinajstić information content (AvgIpc) is 2.84. The average molecular weight is 416 g/mol. The first-order chi connectivity index (χ1) is 11.2. The molecule has 2 atom stereocenters. The summed E-state index contributed by atoms with van der Waals surface area (Å²) < 4.78 is 28.4. The van der Waals surface area contributed by atoms with Crippen molar-refractivity contribution in [2.75, 3.05) is 12.4 Å². The Morgan fingerprint density at radius 2 is 2.00 bits per heavy atom. The van der Waals surface area contributed by atoms with Gasteiger partial charge in [0.05, 0.1) is 18.2 Å². The molecule has 2 unspecified atom stereocenters. The lowest BCUT2D eigenvalue weighted by atomic mass is 10.1. The van der Waals surface area contributed by atoms with E-state index < -0.39 is 21.7 Å². The highest BCUT2D eigenvalue weighted by Crippen LogP contribution is 2.19. The van der Waals surface area contributed by atoms with Crippen molar-refractivity contribution in [1.82, 2.24) is 5.32 Å². The monoisotopic (exact) mass is 415 g/mol. The number of rotatable bonds is 6. The minimum Gasteiger partial charge on any atom is -0.456 e. The molecule has 1 heterocycles. The summed E-state index contributed by atoms with van der Waals surface area (Å²) in [5, 5.41) is 3.85. The van der Waals surface area contributed by atoms with Gasteiger partial charge in [-0.1, -0.05) is 34.1 Å². The number of sulfone groups is 1. The van der Waals surface area contributed by atoms with Crippen LogP contribution < -0.4 is 5.32 Å². The van der Waals surface area contributed by atoms with Gasteiger partial charge in [0.2, 0.25) is 0 Å². The number of amides is 1. The van der Waals surface area contributed by atoms with E-state index in [1.165, 1.54) is 6.08 Å². The normalized spacial score (nSPS) is 19.7. The number of benzene rings is 1. The second kappa shape index (κ2) is 7.94. The number of allylic oxidation sites excluding steroid dienone is 1. The molecule has 0 spiro atoms. The minimum absolute atomic E-state index is 0.0503. The Morgan fingerprint density at radius 1 is 1.33 bits per heavy atom. The Hall–Kier alpha value is -1.67. The molecule has 8 heteroatoms. The highest BCUT2D eigenvalue weighted by molar-refractivity contribution is 9.10. The molecule has 24 heavy (non-hydrogen) atoms. The number of ether oxygens (including phenoxy) is 1. The first-order valence-corrected chi connectivity index (χ1v) is 9.87. The predicted molar refractivity (Wildman–Crippen MR) is 92.7 cm³/mol. The van der Waals surface area contributed by atoms with Gasteiger partial charge < -0.3 is 10.1 Å². The fraction of sp³-hybridized carbons (Fsp3) is 0.375. The van der Waals surface area contributed by atoms with Gasteiger partial charge in [-0.25, -0.2) is 8.42 Å². The van der Waals surface area contributed by atoms with Gasteiger partial charge in [0.15, 0.2) is 16.4 Å². The van der Waals surface area contributed by atoms with Crippen molar-refractivity contribution < 1.29 is 22.7 Å². The van der Waals surface area contributed by atoms with Gasteiger partial charge in [0.25, 0.3) is 5.91 Å². The van der Waals surface area contributed by atoms with Gasteiger partial charge in [-0.15, -0.1) is 0 Å². The second-order valence-electron chi connectivity index (χ2n) is 5.62. The minimum atomic E-state index is -3.19. The first-order valence-electron chi connectivity index (χ1n) is 7.36. The zero-order chi connectivity index (χ0) is 17.7. The van der Waals surface area contributed by atoms with Crippen LogP contribution in [-0.4, -0.2) is 32.7 Å². The molecule has 1 aliphatic rings. The summed E-state index contributed by atoms with van der Waals surface area (Å²) >= 11 is 3.34. The summed E-state index contributed by atoms with van der Waals surface area (Å²) in [4.78, 5) is 23.5. The van der Waals surface area contributed by atoms with E-state index >= 15 is 0 Å². The highest BCUT2D eigenvalue weighted by atomic mass is 79.9. The Balaban J connectivity index is 1.73. The van der Waals surface area contributed by atoms with Crippen LogP contribution in [0.25, 0.3) is 0 Å². The first kappa shape index (κ1) is 18.7. The van der Waals surface area contributed by atoms with Crippen LogP contribution in [0, 0.1) is 5.92 Å². The SMILES string of the molecule is CC(NC(=O)COC(=O)CC1C=CS(=O)(=O)C1)c1ccc(Br)cc1. The van der Waals surface area contributed by atoms with Crippen LogP contribution in [-0.2, 0) is 24.2 Å². The Morgan fingerprint density at radius 3 is 2.58 bits per heavy atom. The smallest absolute Gasteiger partial charge is 0.306 e. The molecule has 1 amide bonds. The third kappa shape index (κ3) is 5.76. The van der Waals surface area contributed by atoms with E-state index in [1.807, 2.05) is 31.2 Å². The van der Waals surface area contributed by atoms with Crippen LogP contribution in [0.4, 0.5) is 0 Å². The molecule has 0 bridgehead atoms. The zero-order valence-corrected chi connectivity index (χ0v) is 15.5. The van der Waals surface area contributed by atoms with Gasteiger partial charge in [0.1, 0.15) is 0 Å². The molecule has 6 nitrogen and oxygen atoms in total. The number of carbonyl (C=O) groups excluding carboxylic acids is 2. The van der Waals surface area contributed by atoms with Crippen molar-refractivity contribution in [2.45, 2.75) is 19.4 Å². The quantitative estimate of drug-likeness (QED) is 0.718. The maximum Gasteiger partial charge on any atom is 0.306 e. The number of nitrogens with one attached hydrogen (secondary N) is 1. The predicted octanol–water partition coefficient (Wildman–Crippen LogP) is 2.12. The molecular weight excluding hydrogens is 398 g/mol. The van der Waals surface area contributed by atoms with Gasteiger partial charge in [-0.05, 0) is 24.6 Å². The van der Waals surface area contributed by atoms with E-state index in [0.29, 0.717) is 0 Å². The molecule has 0 saturated carbocycles. The summed E-state index contributed by atoms with van der Waals surface area (Å²) in [7, 11) is -3.19. The third-order valence-corrected chi connectivity index (χ3v) is 5.54. The fourth-order valence-electron chi connectivity index (χ4n) is 2.30. The molecule has 0 fully saturated rings. The molecule has 0 aromatic heterocycles. The van der Waals surface area contributed by atoms with Crippen molar-refractivity contribution in [1.29, 1.82) is 0 Å². The van der Waals surface area contributed by atoms with E-state index in [4.69, 9.17) is 4.74 Å². The molecule has 130 valence electrons. The fourth-order valence-corrected chi connectivity index (χ4v) is 3.97. The molecule has 0 radical (unpaired) electrons. The van der Waals surface area contributed by atoms with Crippen LogP contribution in [0.2, 0.25) is 0 Å². The molecular formula is C16H18BrNO5S. The number of halogens is 1. The van der Waals surface area contributed by atoms with Crippen molar-refractivity contribution in [2.24, 2.45) is 5.92 Å².